The number of benzene rings is 2. The number of nitriles is 1. The zero-order valence-corrected chi connectivity index (χ0v) is 17.5. The molecular weight excluding hydrogens is 394 g/mol. The minimum atomic E-state index is 0.392. The monoisotopic (exact) mass is 417 g/mol. The lowest BCUT2D eigenvalue weighted by Gasteiger charge is -2.28. The molecule has 0 aliphatic carbocycles. The van der Waals surface area contributed by atoms with Gasteiger partial charge in [-0.15, -0.1) is 10.2 Å². The van der Waals surface area contributed by atoms with E-state index in [1.54, 1.807) is 26.4 Å². The van der Waals surface area contributed by atoms with Crippen LogP contribution in [0.3, 0.4) is 0 Å². The minimum absolute atomic E-state index is 0.392. The quantitative estimate of drug-likeness (QED) is 0.570. The molecule has 0 amide bonds. The van der Waals surface area contributed by atoms with Crippen LogP contribution >= 0.6 is 0 Å². The molecule has 8 nitrogen and oxygen atoms in total. The summed E-state index contributed by atoms with van der Waals surface area (Å²) in [5.41, 5.74) is 2.07. The molecule has 0 atom stereocenters. The summed E-state index contributed by atoms with van der Waals surface area (Å²) in [7, 11) is 3.17. The Kier molecular flexibility index (Phi) is 6.15. The number of rotatable bonds is 6. The van der Waals surface area contributed by atoms with Crippen molar-refractivity contribution in [2.45, 2.75) is 0 Å². The third-order valence-electron chi connectivity index (χ3n) is 5.03. The summed E-state index contributed by atoms with van der Waals surface area (Å²) in [6.07, 6.45) is 1.77. The van der Waals surface area contributed by atoms with Crippen LogP contribution in [-0.2, 0) is 4.74 Å². The fourth-order valence-electron chi connectivity index (χ4n) is 3.49. The second-order valence-electron chi connectivity index (χ2n) is 6.88. The highest BCUT2D eigenvalue weighted by Gasteiger charge is 2.23. The summed E-state index contributed by atoms with van der Waals surface area (Å²) in [6, 6.07) is 17.6. The molecule has 8 heteroatoms. The molecule has 0 spiro atoms. The molecule has 0 N–H and O–H groups in total. The Bertz CT molecular complexity index is 1110. The maximum absolute atomic E-state index is 9.97. The van der Waals surface area contributed by atoms with Gasteiger partial charge < -0.3 is 19.1 Å². The number of para-hydroxylation sites is 1. The normalized spacial score (nSPS) is 14.2. The van der Waals surface area contributed by atoms with Crippen molar-refractivity contribution in [2.24, 2.45) is 0 Å². The predicted molar refractivity (Wildman–Crippen MR) is 117 cm³/mol. The Morgan fingerprint density at radius 1 is 1.03 bits per heavy atom. The van der Waals surface area contributed by atoms with Gasteiger partial charge in [-0.2, -0.15) is 5.26 Å². The summed E-state index contributed by atoms with van der Waals surface area (Å²) in [5, 5.41) is 18.8. The molecule has 0 radical (unpaired) electrons. The van der Waals surface area contributed by atoms with Crippen LogP contribution in [0.25, 0.3) is 17.3 Å². The molecule has 0 bridgehead atoms. The van der Waals surface area contributed by atoms with Crippen LogP contribution in [0.15, 0.2) is 48.5 Å². The van der Waals surface area contributed by atoms with E-state index in [1.807, 2.05) is 47.0 Å². The van der Waals surface area contributed by atoms with Crippen molar-refractivity contribution >= 4 is 17.6 Å². The molecule has 4 rings (SSSR count). The fraction of sp³-hybridized carbons (Fsp3) is 0.261. The van der Waals surface area contributed by atoms with Gasteiger partial charge in [0, 0.05) is 13.1 Å². The van der Waals surface area contributed by atoms with Crippen LogP contribution in [0.1, 0.15) is 11.4 Å². The second kappa shape index (κ2) is 9.32. The lowest BCUT2D eigenvalue weighted by Crippen LogP contribution is -2.38. The summed E-state index contributed by atoms with van der Waals surface area (Å²) >= 11 is 0. The molecule has 2 aromatic carbocycles. The van der Waals surface area contributed by atoms with Crippen LogP contribution in [0.5, 0.6) is 11.5 Å². The van der Waals surface area contributed by atoms with Gasteiger partial charge in [-0.1, -0.05) is 24.3 Å². The highest BCUT2D eigenvalue weighted by atomic mass is 16.5. The van der Waals surface area contributed by atoms with E-state index in [-0.39, 0.29) is 0 Å². The molecule has 158 valence electrons. The first-order chi connectivity index (χ1) is 15.2. The molecule has 2 heterocycles. The Labute approximate surface area is 180 Å². The van der Waals surface area contributed by atoms with Crippen molar-refractivity contribution < 1.29 is 14.2 Å². The molecule has 1 aliphatic heterocycles. The van der Waals surface area contributed by atoms with E-state index in [1.165, 1.54) is 0 Å². The number of allylic oxidation sites excluding steroid dienone is 1. The Balaban J connectivity index is 1.81. The summed E-state index contributed by atoms with van der Waals surface area (Å²) in [4.78, 5) is 2.12. The number of nitrogens with zero attached hydrogens (tertiary/aromatic N) is 5. The van der Waals surface area contributed by atoms with Crippen LogP contribution in [-0.4, -0.2) is 55.3 Å². The minimum Gasteiger partial charge on any atom is -0.493 e. The topological polar surface area (TPSA) is 85.4 Å². The van der Waals surface area contributed by atoms with E-state index in [9.17, 15) is 5.26 Å². The standard InChI is InChI=1S/C23H23N5O3/c1-29-20-9-8-17(15-21(20)30-2)14-18(16-24)22-25-26-23(27-10-12-31-13-11-27)28(22)19-6-4-3-5-7-19/h3-9,14-15H,10-13H2,1-2H3. The largest absolute Gasteiger partial charge is 0.493 e. The van der Waals surface area contributed by atoms with Crippen molar-refractivity contribution in [3.05, 3.63) is 59.9 Å². The van der Waals surface area contributed by atoms with Crippen molar-refractivity contribution in [1.82, 2.24) is 14.8 Å². The Hall–Kier alpha value is -3.83. The summed E-state index contributed by atoms with van der Waals surface area (Å²) in [5.74, 6) is 2.38. The van der Waals surface area contributed by atoms with Crippen molar-refractivity contribution in [1.29, 1.82) is 5.26 Å². The highest BCUT2D eigenvalue weighted by Crippen LogP contribution is 2.30. The molecule has 31 heavy (non-hydrogen) atoms. The van der Waals surface area contributed by atoms with E-state index in [4.69, 9.17) is 14.2 Å². The average Bonchev–Trinajstić information content (AvgIpc) is 3.28. The van der Waals surface area contributed by atoms with Gasteiger partial charge >= 0.3 is 0 Å². The van der Waals surface area contributed by atoms with Crippen LogP contribution in [0.2, 0.25) is 0 Å². The van der Waals surface area contributed by atoms with Crippen molar-refractivity contribution in [2.75, 3.05) is 45.4 Å². The van der Waals surface area contributed by atoms with Gasteiger partial charge in [0.05, 0.1) is 38.7 Å². The first-order valence-corrected chi connectivity index (χ1v) is 9.93. The number of hydrogen-bond acceptors (Lipinski definition) is 7. The van der Waals surface area contributed by atoms with Crippen molar-refractivity contribution in [3.8, 4) is 23.3 Å². The van der Waals surface area contributed by atoms with E-state index in [2.05, 4.69) is 21.2 Å². The van der Waals surface area contributed by atoms with Crippen LogP contribution in [0, 0.1) is 11.3 Å². The lowest BCUT2D eigenvalue weighted by atomic mass is 10.1. The first-order valence-electron chi connectivity index (χ1n) is 9.93. The van der Waals surface area contributed by atoms with E-state index < -0.39 is 0 Å². The zero-order chi connectivity index (χ0) is 21.6. The van der Waals surface area contributed by atoms with E-state index in [0.29, 0.717) is 55.1 Å². The number of aromatic nitrogens is 3. The first kappa shape index (κ1) is 20.4. The molecule has 1 saturated heterocycles. The smallest absolute Gasteiger partial charge is 0.232 e. The Morgan fingerprint density at radius 2 is 1.77 bits per heavy atom. The molecule has 0 unspecified atom stereocenters. The molecule has 3 aromatic rings. The van der Waals surface area contributed by atoms with E-state index >= 15 is 0 Å². The number of anilines is 1. The number of hydrogen-bond donors (Lipinski definition) is 0. The zero-order valence-electron chi connectivity index (χ0n) is 17.5. The maximum atomic E-state index is 9.97. The number of ether oxygens (including phenoxy) is 3. The molecule has 1 aliphatic rings. The van der Waals surface area contributed by atoms with Gasteiger partial charge in [-0.3, -0.25) is 4.57 Å². The number of morpholine rings is 1. The second-order valence-corrected chi connectivity index (χ2v) is 6.88. The van der Waals surface area contributed by atoms with Crippen molar-refractivity contribution in [3.63, 3.8) is 0 Å². The van der Waals surface area contributed by atoms with Gasteiger partial charge in [-0.25, -0.2) is 0 Å². The summed E-state index contributed by atoms with van der Waals surface area (Å²) < 4.78 is 18.1. The highest BCUT2D eigenvalue weighted by molar-refractivity contribution is 5.88. The van der Waals surface area contributed by atoms with Gasteiger partial charge in [0.25, 0.3) is 0 Å². The lowest BCUT2D eigenvalue weighted by molar-refractivity contribution is 0.122. The third kappa shape index (κ3) is 4.22. The van der Waals surface area contributed by atoms with Gasteiger partial charge in [0.15, 0.2) is 17.3 Å². The maximum Gasteiger partial charge on any atom is 0.232 e. The molecule has 0 saturated carbocycles. The average molecular weight is 417 g/mol. The SMILES string of the molecule is COc1ccc(C=C(C#N)c2nnc(N3CCOCC3)n2-c2ccccc2)cc1OC. The van der Waals surface area contributed by atoms with Gasteiger partial charge in [-0.05, 0) is 35.9 Å². The Morgan fingerprint density at radius 3 is 2.45 bits per heavy atom. The summed E-state index contributed by atoms with van der Waals surface area (Å²) in [6.45, 7) is 2.69. The van der Waals surface area contributed by atoms with Gasteiger partial charge in [0.2, 0.25) is 5.95 Å². The number of methoxy groups -OCH3 is 2. The van der Waals surface area contributed by atoms with Gasteiger partial charge in [0.1, 0.15) is 6.07 Å². The van der Waals surface area contributed by atoms with Crippen LogP contribution < -0.4 is 14.4 Å². The molecule has 1 aromatic heterocycles. The third-order valence-corrected chi connectivity index (χ3v) is 5.03. The van der Waals surface area contributed by atoms with Crippen LogP contribution in [0.4, 0.5) is 5.95 Å². The van der Waals surface area contributed by atoms with E-state index in [0.717, 1.165) is 11.3 Å². The molecular formula is C23H23N5O3. The predicted octanol–water partition coefficient (Wildman–Crippen LogP) is 3.19. The fourth-order valence-corrected chi connectivity index (χ4v) is 3.49. The molecule has 1 fully saturated rings.